The van der Waals surface area contributed by atoms with Crippen molar-refractivity contribution in [2.24, 2.45) is 0 Å². The van der Waals surface area contributed by atoms with Crippen molar-refractivity contribution in [2.75, 3.05) is 25.1 Å². The van der Waals surface area contributed by atoms with Crippen LogP contribution in [-0.2, 0) is 19.4 Å². The van der Waals surface area contributed by atoms with E-state index in [4.69, 9.17) is 4.74 Å². The van der Waals surface area contributed by atoms with Crippen molar-refractivity contribution in [3.8, 4) is 5.75 Å². The molecule has 0 atom stereocenters. The number of aromatic nitrogens is 1. The van der Waals surface area contributed by atoms with E-state index in [1.54, 1.807) is 13.3 Å². The number of carbonyl (C=O) groups excluding carboxylic acids is 1. The molecule has 0 spiro atoms. The zero-order valence-corrected chi connectivity index (χ0v) is 16.7. The third-order valence-electron chi connectivity index (χ3n) is 4.98. The van der Waals surface area contributed by atoms with E-state index >= 15 is 0 Å². The van der Waals surface area contributed by atoms with Gasteiger partial charge in [-0.25, -0.2) is 4.98 Å². The van der Waals surface area contributed by atoms with E-state index in [1.807, 2.05) is 24.3 Å². The first kappa shape index (κ1) is 18.5. The van der Waals surface area contributed by atoms with E-state index in [-0.39, 0.29) is 5.91 Å². The molecule has 6 heteroatoms. The SMILES string of the molecule is COc1ccc(CCNC(=O)c2cnc(N3CCc4ccccc4C3)s2)cc1. The lowest BCUT2D eigenvalue weighted by molar-refractivity contribution is 0.0958. The molecule has 0 radical (unpaired) electrons. The number of carbonyl (C=O) groups is 1. The van der Waals surface area contributed by atoms with E-state index in [0.29, 0.717) is 11.4 Å². The first-order valence-corrected chi connectivity index (χ1v) is 10.2. The molecule has 0 saturated carbocycles. The Kier molecular flexibility index (Phi) is 5.58. The molecule has 1 aliphatic rings. The Morgan fingerprint density at radius 2 is 1.96 bits per heavy atom. The molecule has 1 amide bonds. The molecule has 1 aliphatic heterocycles. The number of anilines is 1. The highest BCUT2D eigenvalue weighted by molar-refractivity contribution is 7.17. The fraction of sp³-hybridized carbons (Fsp3) is 0.273. The van der Waals surface area contributed by atoms with Crippen LogP contribution in [0.5, 0.6) is 5.75 Å². The number of fused-ring (bicyclic) bond motifs is 1. The number of ether oxygens (including phenoxy) is 1. The monoisotopic (exact) mass is 393 g/mol. The number of nitrogens with one attached hydrogen (secondary N) is 1. The van der Waals surface area contributed by atoms with Crippen molar-refractivity contribution in [1.29, 1.82) is 0 Å². The molecular formula is C22H23N3O2S. The molecule has 0 fully saturated rings. The predicted octanol–water partition coefficient (Wildman–Crippen LogP) is 3.69. The summed E-state index contributed by atoms with van der Waals surface area (Å²) < 4.78 is 5.16. The van der Waals surface area contributed by atoms with Gasteiger partial charge in [0, 0.05) is 19.6 Å². The Morgan fingerprint density at radius 1 is 1.18 bits per heavy atom. The Labute approximate surface area is 169 Å². The van der Waals surface area contributed by atoms with Gasteiger partial charge >= 0.3 is 0 Å². The Morgan fingerprint density at radius 3 is 2.75 bits per heavy atom. The number of benzene rings is 2. The van der Waals surface area contributed by atoms with Gasteiger partial charge in [-0.15, -0.1) is 0 Å². The number of amides is 1. The van der Waals surface area contributed by atoms with Crippen molar-refractivity contribution in [1.82, 2.24) is 10.3 Å². The van der Waals surface area contributed by atoms with Gasteiger partial charge in [0.15, 0.2) is 5.13 Å². The number of hydrogen-bond acceptors (Lipinski definition) is 5. The van der Waals surface area contributed by atoms with Crippen LogP contribution in [0.3, 0.4) is 0 Å². The maximum absolute atomic E-state index is 12.5. The van der Waals surface area contributed by atoms with Crippen molar-refractivity contribution >= 4 is 22.4 Å². The number of hydrogen-bond donors (Lipinski definition) is 1. The highest BCUT2D eigenvalue weighted by atomic mass is 32.1. The molecule has 0 aliphatic carbocycles. The van der Waals surface area contributed by atoms with Crippen molar-refractivity contribution < 1.29 is 9.53 Å². The van der Waals surface area contributed by atoms with Crippen LogP contribution in [0.1, 0.15) is 26.4 Å². The summed E-state index contributed by atoms with van der Waals surface area (Å²) in [6.07, 6.45) is 3.48. The molecule has 1 aromatic heterocycles. The van der Waals surface area contributed by atoms with E-state index in [0.717, 1.165) is 42.4 Å². The second-order valence-corrected chi connectivity index (χ2v) is 7.81. The van der Waals surface area contributed by atoms with Gasteiger partial charge in [-0.05, 0) is 41.7 Å². The van der Waals surface area contributed by atoms with Crippen LogP contribution in [0, 0.1) is 0 Å². The van der Waals surface area contributed by atoms with Gasteiger partial charge in [-0.1, -0.05) is 47.7 Å². The molecule has 144 valence electrons. The van der Waals surface area contributed by atoms with Gasteiger partial charge in [0.05, 0.1) is 13.3 Å². The summed E-state index contributed by atoms with van der Waals surface area (Å²) in [6, 6.07) is 16.4. The lowest BCUT2D eigenvalue weighted by Gasteiger charge is -2.28. The van der Waals surface area contributed by atoms with Crippen molar-refractivity contribution in [3.05, 3.63) is 76.3 Å². The average molecular weight is 394 g/mol. The van der Waals surface area contributed by atoms with Crippen molar-refractivity contribution in [2.45, 2.75) is 19.4 Å². The fourth-order valence-electron chi connectivity index (χ4n) is 3.37. The van der Waals surface area contributed by atoms with E-state index < -0.39 is 0 Å². The molecular weight excluding hydrogens is 370 g/mol. The average Bonchev–Trinajstić information content (AvgIpc) is 3.24. The standard InChI is InChI=1S/C22H23N3O2S/c1-27-19-8-6-16(7-9-19)10-12-23-21(26)20-14-24-22(28-20)25-13-11-17-4-2-3-5-18(17)15-25/h2-9,14H,10-13,15H2,1H3,(H,23,26). The van der Waals surface area contributed by atoms with Gasteiger partial charge in [0.1, 0.15) is 10.6 Å². The molecule has 3 aromatic rings. The van der Waals surface area contributed by atoms with Crippen LogP contribution >= 0.6 is 11.3 Å². The zero-order valence-electron chi connectivity index (χ0n) is 15.9. The molecule has 0 saturated heterocycles. The Balaban J connectivity index is 1.32. The maximum atomic E-state index is 12.5. The molecule has 5 nitrogen and oxygen atoms in total. The fourth-order valence-corrected chi connectivity index (χ4v) is 4.23. The summed E-state index contributed by atoms with van der Waals surface area (Å²) in [7, 11) is 1.65. The summed E-state index contributed by atoms with van der Waals surface area (Å²) >= 11 is 1.46. The topological polar surface area (TPSA) is 54.5 Å². The van der Waals surface area contributed by atoms with E-state index in [9.17, 15) is 4.79 Å². The Bertz CT molecular complexity index is 952. The van der Waals surface area contributed by atoms with Gasteiger partial charge in [0.2, 0.25) is 0 Å². The number of thiazole rings is 1. The molecule has 28 heavy (non-hydrogen) atoms. The third kappa shape index (κ3) is 4.17. The van der Waals surface area contributed by atoms with Gasteiger partial charge in [-0.2, -0.15) is 0 Å². The van der Waals surface area contributed by atoms with Gasteiger partial charge < -0.3 is 15.0 Å². The first-order chi connectivity index (χ1) is 13.7. The van der Waals surface area contributed by atoms with Crippen LogP contribution < -0.4 is 15.0 Å². The molecule has 0 bridgehead atoms. The number of methoxy groups -OCH3 is 1. The first-order valence-electron chi connectivity index (χ1n) is 9.41. The summed E-state index contributed by atoms with van der Waals surface area (Å²) in [5.41, 5.74) is 3.92. The summed E-state index contributed by atoms with van der Waals surface area (Å²) in [6.45, 7) is 2.38. The highest BCUT2D eigenvalue weighted by Crippen LogP contribution is 2.28. The maximum Gasteiger partial charge on any atom is 0.263 e. The summed E-state index contributed by atoms with van der Waals surface area (Å²) in [5, 5.41) is 3.90. The van der Waals surface area contributed by atoms with Crippen molar-refractivity contribution in [3.63, 3.8) is 0 Å². The van der Waals surface area contributed by atoms with Crippen LogP contribution in [0.15, 0.2) is 54.7 Å². The zero-order chi connectivity index (χ0) is 19.3. The minimum atomic E-state index is -0.0605. The quantitative estimate of drug-likeness (QED) is 0.694. The number of nitrogens with zero attached hydrogens (tertiary/aromatic N) is 2. The molecule has 4 rings (SSSR count). The van der Waals surface area contributed by atoms with E-state index in [1.165, 1.54) is 22.5 Å². The second-order valence-electron chi connectivity index (χ2n) is 6.80. The highest BCUT2D eigenvalue weighted by Gasteiger charge is 2.20. The second kappa shape index (κ2) is 8.44. The smallest absolute Gasteiger partial charge is 0.263 e. The molecule has 0 unspecified atom stereocenters. The number of rotatable bonds is 6. The van der Waals surface area contributed by atoms with Gasteiger partial charge in [-0.3, -0.25) is 4.79 Å². The van der Waals surface area contributed by atoms with Gasteiger partial charge in [0.25, 0.3) is 5.91 Å². The molecule has 2 aromatic carbocycles. The summed E-state index contributed by atoms with van der Waals surface area (Å²) in [4.78, 5) is 19.8. The van der Waals surface area contributed by atoms with Crippen LogP contribution in [0.2, 0.25) is 0 Å². The van der Waals surface area contributed by atoms with Crippen LogP contribution in [0.25, 0.3) is 0 Å². The minimum Gasteiger partial charge on any atom is -0.497 e. The van der Waals surface area contributed by atoms with Crippen LogP contribution in [-0.4, -0.2) is 31.1 Å². The lowest BCUT2D eigenvalue weighted by Crippen LogP contribution is -2.30. The Hall–Kier alpha value is -2.86. The minimum absolute atomic E-state index is 0.0605. The predicted molar refractivity (Wildman–Crippen MR) is 112 cm³/mol. The lowest BCUT2D eigenvalue weighted by atomic mass is 10.0. The molecule has 2 heterocycles. The molecule has 1 N–H and O–H groups in total. The summed E-state index contributed by atoms with van der Waals surface area (Å²) in [5.74, 6) is 0.778. The normalized spacial score (nSPS) is 13.1. The van der Waals surface area contributed by atoms with Crippen LogP contribution in [0.4, 0.5) is 5.13 Å². The largest absolute Gasteiger partial charge is 0.497 e. The van der Waals surface area contributed by atoms with E-state index in [2.05, 4.69) is 39.5 Å². The third-order valence-corrected chi connectivity index (χ3v) is 6.03.